The van der Waals surface area contributed by atoms with Gasteiger partial charge in [0.05, 0.1) is 12.3 Å². The molecule has 0 bridgehead atoms. The van der Waals surface area contributed by atoms with Gasteiger partial charge in [-0.1, -0.05) is 5.16 Å². The van der Waals surface area contributed by atoms with Crippen LogP contribution in [0.4, 0.5) is 4.79 Å². The Hall–Kier alpha value is -1.26. The molecule has 2 amide bonds. The molecule has 0 aromatic heterocycles. The van der Waals surface area contributed by atoms with E-state index in [1.54, 1.807) is 0 Å². The molecule has 0 atom stereocenters. The van der Waals surface area contributed by atoms with E-state index in [4.69, 9.17) is 10.9 Å². The number of nitrogens with two attached hydrogens (primary N) is 1. The van der Waals surface area contributed by atoms with Gasteiger partial charge < -0.3 is 15.8 Å². The SMILES string of the molecule is NC(=O)N1CC/C(=N/O)C1. The topological polar surface area (TPSA) is 78.9 Å². The number of likely N-dealkylation sites (tertiary alicyclic amines) is 1. The zero-order chi connectivity index (χ0) is 7.56. The molecule has 56 valence electrons. The summed E-state index contributed by atoms with van der Waals surface area (Å²) in [5.41, 5.74) is 5.58. The Bertz CT molecular complexity index is 178. The average Bonchev–Trinajstić information content (AvgIpc) is 2.34. The molecule has 5 heteroatoms. The lowest BCUT2D eigenvalue weighted by molar-refractivity contribution is 0.220. The first-order valence-electron chi connectivity index (χ1n) is 2.98. The summed E-state index contributed by atoms with van der Waals surface area (Å²) in [6.45, 7) is 0.931. The summed E-state index contributed by atoms with van der Waals surface area (Å²) in [6.07, 6.45) is 0.624. The molecular weight excluding hydrogens is 134 g/mol. The summed E-state index contributed by atoms with van der Waals surface area (Å²) in [6, 6.07) is -0.460. The lowest BCUT2D eigenvalue weighted by Crippen LogP contribution is -2.33. The number of carbonyl (C=O) groups is 1. The van der Waals surface area contributed by atoms with E-state index >= 15 is 0 Å². The lowest BCUT2D eigenvalue weighted by atomic mass is 10.3. The number of hydrogen-bond acceptors (Lipinski definition) is 3. The second-order valence-corrected chi connectivity index (χ2v) is 2.18. The molecule has 1 saturated heterocycles. The third kappa shape index (κ3) is 1.18. The van der Waals surface area contributed by atoms with Crippen LogP contribution in [0.2, 0.25) is 0 Å². The van der Waals surface area contributed by atoms with Gasteiger partial charge in [-0.3, -0.25) is 0 Å². The van der Waals surface area contributed by atoms with Crippen LogP contribution in [0.3, 0.4) is 0 Å². The first-order valence-corrected chi connectivity index (χ1v) is 2.98. The Morgan fingerprint density at radius 2 is 2.50 bits per heavy atom. The van der Waals surface area contributed by atoms with Crippen molar-refractivity contribution in [2.24, 2.45) is 10.9 Å². The molecule has 1 fully saturated rings. The van der Waals surface area contributed by atoms with E-state index in [9.17, 15) is 4.79 Å². The van der Waals surface area contributed by atoms with Crippen molar-refractivity contribution in [3.8, 4) is 0 Å². The van der Waals surface area contributed by atoms with Crippen molar-refractivity contribution in [2.75, 3.05) is 13.1 Å². The van der Waals surface area contributed by atoms with Crippen molar-refractivity contribution in [2.45, 2.75) is 6.42 Å². The standard InChI is InChI=1S/C5H9N3O2/c6-5(9)8-2-1-4(3-8)7-10/h10H,1-3H2,(H2,6,9)/b7-4-. The summed E-state index contributed by atoms with van der Waals surface area (Å²) in [7, 11) is 0. The van der Waals surface area contributed by atoms with Crippen LogP contribution in [0.15, 0.2) is 5.16 Å². The minimum Gasteiger partial charge on any atom is -0.411 e. The number of oxime groups is 1. The van der Waals surface area contributed by atoms with Crippen LogP contribution in [0, 0.1) is 0 Å². The van der Waals surface area contributed by atoms with Crippen LogP contribution in [0.1, 0.15) is 6.42 Å². The summed E-state index contributed by atoms with van der Waals surface area (Å²) >= 11 is 0. The predicted octanol–water partition coefficient (Wildman–Crippen LogP) is -0.399. The Labute approximate surface area is 58.1 Å². The molecule has 0 radical (unpaired) electrons. The summed E-state index contributed by atoms with van der Waals surface area (Å²) in [4.78, 5) is 11.9. The molecule has 0 aromatic rings. The fraction of sp³-hybridized carbons (Fsp3) is 0.600. The molecule has 0 saturated carbocycles. The fourth-order valence-electron chi connectivity index (χ4n) is 0.912. The number of nitrogens with zero attached hydrogens (tertiary/aromatic N) is 2. The van der Waals surface area contributed by atoms with Gasteiger partial charge in [-0.25, -0.2) is 4.79 Å². The zero-order valence-electron chi connectivity index (χ0n) is 5.45. The molecule has 1 aliphatic rings. The third-order valence-electron chi connectivity index (χ3n) is 1.50. The smallest absolute Gasteiger partial charge is 0.315 e. The highest BCUT2D eigenvalue weighted by molar-refractivity contribution is 5.92. The highest BCUT2D eigenvalue weighted by atomic mass is 16.4. The van der Waals surface area contributed by atoms with Crippen molar-refractivity contribution in [3.63, 3.8) is 0 Å². The summed E-state index contributed by atoms with van der Waals surface area (Å²) in [5, 5.41) is 11.3. The third-order valence-corrected chi connectivity index (χ3v) is 1.50. The molecule has 10 heavy (non-hydrogen) atoms. The zero-order valence-corrected chi connectivity index (χ0v) is 5.45. The van der Waals surface area contributed by atoms with Crippen molar-refractivity contribution in [1.82, 2.24) is 4.90 Å². The number of primary amides is 1. The van der Waals surface area contributed by atoms with E-state index in [0.717, 1.165) is 0 Å². The van der Waals surface area contributed by atoms with Crippen LogP contribution in [-0.4, -0.2) is 34.9 Å². The van der Waals surface area contributed by atoms with E-state index in [1.807, 2.05) is 0 Å². The van der Waals surface area contributed by atoms with Crippen molar-refractivity contribution in [3.05, 3.63) is 0 Å². The lowest BCUT2D eigenvalue weighted by Gasteiger charge is -2.08. The van der Waals surface area contributed by atoms with Gasteiger partial charge in [-0.05, 0) is 0 Å². The Morgan fingerprint density at radius 1 is 1.80 bits per heavy atom. The van der Waals surface area contributed by atoms with Crippen molar-refractivity contribution >= 4 is 11.7 Å². The highest BCUT2D eigenvalue weighted by Gasteiger charge is 2.20. The van der Waals surface area contributed by atoms with E-state index < -0.39 is 6.03 Å². The molecule has 0 unspecified atom stereocenters. The fourth-order valence-corrected chi connectivity index (χ4v) is 0.912. The average molecular weight is 143 g/mol. The maximum absolute atomic E-state index is 10.5. The number of urea groups is 1. The minimum atomic E-state index is -0.460. The predicted molar refractivity (Wildman–Crippen MR) is 35.0 cm³/mol. The highest BCUT2D eigenvalue weighted by Crippen LogP contribution is 2.03. The van der Waals surface area contributed by atoms with Gasteiger partial charge in [0.2, 0.25) is 0 Å². The first-order chi connectivity index (χ1) is 4.74. The monoisotopic (exact) mass is 143 g/mol. The summed E-state index contributed by atoms with van der Waals surface area (Å²) in [5.74, 6) is 0. The normalized spacial score (nSPS) is 22.0. The van der Waals surface area contributed by atoms with Crippen LogP contribution < -0.4 is 5.73 Å². The van der Waals surface area contributed by atoms with E-state index in [0.29, 0.717) is 25.2 Å². The molecule has 1 rings (SSSR count). The minimum absolute atomic E-state index is 0.367. The Balaban J connectivity index is 2.51. The maximum Gasteiger partial charge on any atom is 0.315 e. The quantitative estimate of drug-likeness (QED) is 0.357. The molecule has 0 aliphatic carbocycles. The van der Waals surface area contributed by atoms with Gasteiger partial charge in [-0.2, -0.15) is 0 Å². The van der Waals surface area contributed by atoms with Crippen LogP contribution in [-0.2, 0) is 0 Å². The molecular formula is C5H9N3O2. The van der Waals surface area contributed by atoms with E-state index in [-0.39, 0.29) is 0 Å². The Kier molecular flexibility index (Phi) is 1.75. The second kappa shape index (κ2) is 2.55. The molecule has 0 spiro atoms. The van der Waals surface area contributed by atoms with E-state index in [1.165, 1.54) is 4.90 Å². The van der Waals surface area contributed by atoms with Gasteiger partial charge in [0, 0.05) is 13.0 Å². The largest absolute Gasteiger partial charge is 0.411 e. The van der Waals surface area contributed by atoms with E-state index in [2.05, 4.69) is 5.16 Å². The van der Waals surface area contributed by atoms with Crippen LogP contribution >= 0.6 is 0 Å². The molecule has 1 heterocycles. The summed E-state index contributed by atoms with van der Waals surface area (Å²) < 4.78 is 0. The molecule has 1 aliphatic heterocycles. The van der Waals surface area contributed by atoms with Crippen LogP contribution in [0.25, 0.3) is 0 Å². The molecule has 3 N–H and O–H groups in total. The number of rotatable bonds is 0. The second-order valence-electron chi connectivity index (χ2n) is 2.18. The number of amides is 2. The first kappa shape index (κ1) is 6.85. The van der Waals surface area contributed by atoms with Gasteiger partial charge in [-0.15, -0.1) is 0 Å². The van der Waals surface area contributed by atoms with Gasteiger partial charge in [0.15, 0.2) is 0 Å². The van der Waals surface area contributed by atoms with Gasteiger partial charge >= 0.3 is 6.03 Å². The number of hydrogen-bond donors (Lipinski definition) is 2. The van der Waals surface area contributed by atoms with Crippen molar-refractivity contribution in [1.29, 1.82) is 0 Å². The van der Waals surface area contributed by atoms with Gasteiger partial charge in [0.1, 0.15) is 0 Å². The molecule has 0 aromatic carbocycles. The maximum atomic E-state index is 10.5. The van der Waals surface area contributed by atoms with Gasteiger partial charge in [0.25, 0.3) is 0 Å². The number of carbonyl (C=O) groups excluding carboxylic acids is 1. The Morgan fingerprint density at radius 3 is 2.80 bits per heavy atom. The van der Waals surface area contributed by atoms with Crippen molar-refractivity contribution < 1.29 is 10.0 Å². The van der Waals surface area contributed by atoms with Crippen LogP contribution in [0.5, 0.6) is 0 Å². The molecule has 5 nitrogen and oxygen atoms in total.